The number of carboxylic acids is 1. The molecule has 5 heteroatoms. The second-order valence-corrected chi connectivity index (χ2v) is 3.35. The zero-order valence-corrected chi connectivity index (χ0v) is 8.96. The molecular weight excluding hydrogens is 194 g/mol. The molecule has 0 radical (unpaired) electrons. The Labute approximate surface area is 89.3 Å². The van der Waals surface area contributed by atoms with Crippen molar-refractivity contribution in [3.05, 3.63) is 18.5 Å². The number of carbonyl (C=O) groups is 1. The van der Waals surface area contributed by atoms with Crippen LogP contribution in [0, 0.1) is 0 Å². The highest BCUT2D eigenvalue weighted by Crippen LogP contribution is 1.93. The second kappa shape index (κ2) is 6.19. The van der Waals surface area contributed by atoms with Gasteiger partial charge in [-0.25, -0.2) is 0 Å². The molecule has 0 aromatic carbocycles. The third-order valence-electron chi connectivity index (χ3n) is 2.29. The summed E-state index contributed by atoms with van der Waals surface area (Å²) in [5.41, 5.74) is 0. The van der Waals surface area contributed by atoms with Crippen LogP contribution >= 0.6 is 0 Å². The molecule has 15 heavy (non-hydrogen) atoms. The fourth-order valence-corrected chi connectivity index (χ4v) is 1.36. The first-order valence-corrected chi connectivity index (χ1v) is 5.14. The predicted molar refractivity (Wildman–Crippen MR) is 56.6 cm³/mol. The number of aromatic nitrogens is 2. The maximum atomic E-state index is 10.4. The maximum Gasteiger partial charge on any atom is 0.304 e. The van der Waals surface area contributed by atoms with Crippen LogP contribution < -0.4 is 0 Å². The summed E-state index contributed by atoms with van der Waals surface area (Å²) in [4.78, 5) is 12.5. The average molecular weight is 211 g/mol. The first-order chi connectivity index (χ1) is 7.22. The van der Waals surface area contributed by atoms with E-state index >= 15 is 0 Å². The van der Waals surface area contributed by atoms with Crippen LogP contribution in [0.25, 0.3) is 0 Å². The van der Waals surface area contributed by atoms with Crippen molar-refractivity contribution in [3.8, 4) is 0 Å². The Kier molecular flexibility index (Phi) is 4.83. The molecule has 1 rings (SSSR count). The monoisotopic (exact) mass is 211 g/mol. The molecule has 0 aliphatic heterocycles. The summed E-state index contributed by atoms with van der Waals surface area (Å²) in [7, 11) is 0. The van der Waals surface area contributed by atoms with Gasteiger partial charge in [0.1, 0.15) is 0 Å². The number of aliphatic carboxylic acids is 1. The highest BCUT2D eigenvalue weighted by Gasteiger charge is 2.05. The number of nitrogens with zero attached hydrogens (tertiary/aromatic N) is 3. The molecule has 84 valence electrons. The SMILES string of the molecule is CCN(CCC(=O)O)CCn1cccn1. The summed E-state index contributed by atoms with van der Waals surface area (Å²) in [5.74, 6) is -0.743. The van der Waals surface area contributed by atoms with Gasteiger partial charge in [0.2, 0.25) is 0 Å². The van der Waals surface area contributed by atoms with Crippen LogP contribution in [0.15, 0.2) is 18.5 Å². The van der Waals surface area contributed by atoms with Crippen molar-refractivity contribution in [1.82, 2.24) is 14.7 Å². The van der Waals surface area contributed by atoms with Crippen LogP contribution in [-0.4, -0.2) is 45.4 Å². The number of carboxylic acid groups (broad SMARTS) is 1. The smallest absolute Gasteiger partial charge is 0.304 e. The molecule has 1 aromatic heterocycles. The third kappa shape index (κ3) is 4.60. The molecule has 0 unspecified atom stereocenters. The van der Waals surface area contributed by atoms with Crippen LogP contribution in [0.4, 0.5) is 0 Å². The van der Waals surface area contributed by atoms with Crippen molar-refractivity contribution >= 4 is 5.97 Å². The third-order valence-corrected chi connectivity index (χ3v) is 2.29. The van der Waals surface area contributed by atoms with E-state index in [1.54, 1.807) is 6.20 Å². The van der Waals surface area contributed by atoms with Crippen molar-refractivity contribution in [1.29, 1.82) is 0 Å². The highest BCUT2D eigenvalue weighted by atomic mass is 16.4. The van der Waals surface area contributed by atoms with Crippen LogP contribution in [0.5, 0.6) is 0 Å². The number of hydrogen-bond donors (Lipinski definition) is 1. The molecule has 0 saturated carbocycles. The van der Waals surface area contributed by atoms with Gasteiger partial charge in [-0.15, -0.1) is 0 Å². The highest BCUT2D eigenvalue weighted by molar-refractivity contribution is 5.66. The normalized spacial score (nSPS) is 10.8. The van der Waals surface area contributed by atoms with Crippen molar-refractivity contribution in [2.75, 3.05) is 19.6 Å². The van der Waals surface area contributed by atoms with Crippen molar-refractivity contribution in [3.63, 3.8) is 0 Å². The summed E-state index contributed by atoms with van der Waals surface area (Å²) in [6.45, 7) is 5.15. The van der Waals surface area contributed by atoms with Crippen molar-refractivity contribution in [2.24, 2.45) is 0 Å². The minimum Gasteiger partial charge on any atom is -0.481 e. The summed E-state index contributed by atoms with van der Waals surface area (Å²) in [5, 5.41) is 12.7. The fourth-order valence-electron chi connectivity index (χ4n) is 1.36. The lowest BCUT2D eigenvalue weighted by atomic mass is 10.3. The predicted octanol–water partition coefficient (Wildman–Crippen LogP) is 0.680. The molecule has 1 aromatic rings. The summed E-state index contributed by atoms with van der Waals surface area (Å²) < 4.78 is 1.85. The molecule has 0 spiro atoms. The minimum absolute atomic E-state index is 0.201. The molecule has 0 saturated heterocycles. The zero-order chi connectivity index (χ0) is 11.1. The van der Waals surface area contributed by atoms with E-state index in [2.05, 4.69) is 10.00 Å². The lowest BCUT2D eigenvalue weighted by Crippen LogP contribution is -2.29. The van der Waals surface area contributed by atoms with Gasteiger partial charge >= 0.3 is 5.97 Å². The van der Waals surface area contributed by atoms with Crippen LogP contribution in [-0.2, 0) is 11.3 Å². The Morgan fingerprint density at radius 3 is 2.87 bits per heavy atom. The van der Waals surface area contributed by atoms with E-state index in [1.807, 2.05) is 23.9 Å². The van der Waals surface area contributed by atoms with E-state index in [9.17, 15) is 4.79 Å². The maximum absolute atomic E-state index is 10.4. The molecule has 0 aliphatic rings. The van der Waals surface area contributed by atoms with Crippen LogP contribution in [0.1, 0.15) is 13.3 Å². The van der Waals surface area contributed by atoms with E-state index < -0.39 is 5.97 Å². The van der Waals surface area contributed by atoms with E-state index in [-0.39, 0.29) is 6.42 Å². The van der Waals surface area contributed by atoms with Gasteiger partial charge in [0.25, 0.3) is 0 Å². The van der Waals surface area contributed by atoms with Gasteiger partial charge in [-0.2, -0.15) is 5.10 Å². The largest absolute Gasteiger partial charge is 0.481 e. The first-order valence-electron chi connectivity index (χ1n) is 5.14. The number of hydrogen-bond acceptors (Lipinski definition) is 3. The molecule has 5 nitrogen and oxygen atoms in total. The van der Waals surface area contributed by atoms with Gasteiger partial charge in [-0.1, -0.05) is 6.92 Å². The fraction of sp³-hybridized carbons (Fsp3) is 0.600. The van der Waals surface area contributed by atoms with Crippen LogP contribution in [0.3, 0.4) is 0 Å². The van der Waals surface area contributed by atoms with E-state index in [0.717, 1.165) is 19.6 Å². The quantitative estimate of drug-likeness (QED) is 0.720. The van der Waals surface area contributed by atoms with Gasteiger partial charge in [0, 0.05) is 25.5 Å². The lowest BCUT2D eigenvalue weighted by Gasteiger charge is -2.18. The van der Waals surface area contributed by atoms with E-state index in [1.165, 1.54) is 0 Å². The molecule has 1 N–H and O–H groups in total. The Morgan fingerprint density at radius 1 is 1.53 bits per heavy atom. The van der Waals surface area contributed by atoms with E-state index in [0.29, 0.717) is 6.54 Å². The standard InChI is InChI=1S/C10H17N3O2/c1-2-12(7-4-10(14)15)8-9-13-6-3-5-11-13/h3,5-6H,2,4,7-9H2,1H3,(H,14,15). The van der Waals surface area contributed by atoms with E-state index in [4.69, 9.17) is 5.11 Å². The molecule has 0 aliphatic carbocycles. The van der Waals surface area contributed by atoms with Crippen molar-refractivity contribution in [2.45, 2.75) is 19.9 Å². The van der Waals surface area contributed by atoms with Gasteiger partial charge in [-0.3, -0.25) is 9.48 Å². The Balaban J connectivity index is 2.24. The molecular formula is C10H17N3O2. The topological polar surface area (TPSA) is 58.4 Å². The minimum atomic E-state index is -0.743. The number of likely N-dealkylation sites (N-methyl/N-ethyl adjacent to an activating group) is 1. The lowest BCUT2D eigenvalue weighted by molar-refractivity contribution is -0.137. The summed E-state index contributed by atoms with van der Waals surface area (Å²) in [6, 6.07) is 1.88. The molecule has 0 atom stereocenters. The Morgan fingerprint density at radius 2 is 2.33 bits per heavy atom. The Hall–Kier alpha value is -1.36. The van der Waals surface area contributed by atoms with Gasteiger partial charge in [-0.05, 0) is 12.6 Å². The van der Waals surface area contributed by atoms with Crippen molar-refractivity contribution < 1.29 is 9.90 Å². The molecule has 0 bridgehead atoms. The zero-order valence-electron chi connectivity index (χ0n) is 8.96. The van der Waals surface area contributed by atoms with Crippen LogP contribution in [0.2, 0.25) is 0 Å². The second-order valence-electron chi connectivity index (χ2n) is 3.35. The Bertz CT molecular complexity index is 285. The molecule has 1 heterocycles. The van der Waals surface area contributed by atoms with Gasteiger partial charge < -0.3 is 10.0 Å². The van der Waals surface area contributed by atoms with Gasteiger partial charge in [0.05, 0.1) is 13.0 Å². The van der Waals surface area contributed by atoms with Gasteiger partial charge in [0.15, 0.2) is 0 Å². The molecule has 0 amide bonds. The molecule has 0 fully saturated rings. The first kappa shape index (κ1) is 11.7. The summed E-state index contributed by atoms with van der Waals surface area (Å²) >= 11 is 0. The number of rotatable bonds is 7. The summed E-state index contributed by atoms with van der Waals surface area (Å²) in [6.07, 6.45) is 3.85. The average Bonchev–Trinajstić information content (AvgIpc) is 2.70.